The Morgan fingerprint density at radius 2 is 1.86 bits per heavy atom. The number of para-hydroxylation sites is 1. The van der Waals surface area contributed by atoms with Gasteiger partial charge in [0.05, 0.1) is 18.2 Å². The minimum atomic E-state index is -0.702. The summed E-state index contributed by atoms with van der Waals surface area (Å²) in [5, 5.41) is 3.43. The molecule has 1 N–H and O–H groups in total. The molecule has 116 valence electrons. The summed E-state index contributed by atoms with van der Waals surface area (Å²) in [5.41, 5.74) is 2.13. The van der Waals surface area contributed by atoms with Crippen molar-refractivity contribution in [3.05, 3.63) is 41.6 Å². The molecule has 0 aliphatic rings. The van der Waals surface area contributed by atoms with Gasteiger partial charge >= 0.3 is 5.97 Å². The summed E-state index contributed by atoms with van der Waals surface area (Å²) in [6, 6.07) is 8.56. The maximum atomic E-state index is 12.5. The first-order valence-corrected chi connectivity index (χ1v) is 7.22. The van der Waals surface area contributed by atoms with Crippen LogP contribution < -0.4 is 5.32 Å². The van der Waals surface area contributed by atoms with E-state index < -0.39 is 12.0 Å². The van der Waals surface area contributed by atoms with Crippen molar-refractivity contribution in [3.8, 4) is 0 Å². The van der Waals surface area contributed by atoms with Crippen molar-refractivity contribution in [1.29, 1.82) is 0 Å². The van der Waals surface area contributed by atoms with Gasteiger partial charge in [-0.15, -0.1) is 0 Å². The minimum absolute atomic E-state index is 0.203. The lowest BCUT2D eigenvalue weighted by Gasteiger charge is -2.14. The highest BCUT2D eigenvalue weighted by Gasteiger charge is 2.19. The molecule has 0 saturated heterocycles. The molecule has 22 heavy (non-hydrogen) atoms. The molecule has 1 aromatic heterocycles. The second kappa shape index (κ2) is 6.56. The van der Waals surface area contributed by atoms with Gasteiger partial charge < -0.3 is 10.1 Å². The number of esters is 1. The first-order chi connectivity index (χ1) is 10.4. The van der Waals surface area contributed by atoms with Crippen molar-refractivity contribution in [2.45, 2.75) is 32.7 Å². The van der Waals surface area contributed by atoms with Crippen LogP contribution in [0.15, 0.2) is 30.3 Å². The van der Waals surface area contributed by atoms with Crippen LogP contribution in [0.4, 0.5) is 0 Å². The Kier molecular flexibility index (Phi) is 4.75. The van der Waals surface area contributed by atoms with Gasteiger partial charge in [0.2, 0.25) is 0 Å². The second-order valence-electron chi connectivity index (χ2n) is 5.48. The first-order valence-electron chi connectivity index (χ1n) is 7.22. The fourth-order valence-corrected chi connectivity index (χ4v) is 2.19. The number of nitrogens with one attached hydrogen (secondary N) is 1. The van der Waals surface area contributed by atoms with Crippen LogP contribution in [-0.4, -0.2) is 30.0 Å². The van der Waals surface area contributed by atoms with Gasteiger partial charge in [-0.25, -0.2) is 4.79 Å². The summed E-state index contributed by atoms with van der Waals surface area (Å²) in [5.74, 6) is -0.580. The predicted octanol–water partition coefficient (Wildman–Crippen LogP) is 2.65. The van der Waals surface area contributed by atoms with Gasteiger partial charge in [-0.1, -0.05) is 32.0 Å². The largest absolute Gasteiger partial charge is 0.467 e. The Hall–Kier alpha value is -2.43. The Morgan fingerprint density at radius 1 is 1.18 bits per heavy atom. The molecule has 5 heteroatoms. The molecule has 0 spiro atoms. The van der Waals surface area contributed by atoms with Crippen LogP contribution in [0.25, 0.3) is 10.9 Å². The molecule has 1 atom stereocenters. The number of aromatic nitrogens is 1. The number of benzene rings is 1. The van der Waals surface area contributed by atoms with Crippen molar-refractivity contribution < 1.29 is 14.3 Å². The average molecular weight is 300 g/mol. The summed E-state index contributed by atoms with van der Waals surface area (Å²) >= 11 is 0. The van der Waals surface area contributed by atoms with Crippen molar-refractivity contribution in [3.63, 3.8) is 0 Å². The van der Waals surface area contributed by atoms with E-state index in [2.05, 4.69) is 15.0 Å². The highest BCUT2D eigenvalue weighted by molar-refractivity contribution is 6.07. The molecule has 0 aliphatic carbocycles. The maximum Gasteiger partial charge on any atom is 0.328 e. The third-order valence-electron chi connectivity index (χ3n) is 3.47. The van der Waals surface area contributed by atoms with E-state index in [1.807, 2.05) is 38.1 Å². The SMILES string of the molecule is COC(=O)C(C)NC(=O)c1cc(C(C)C)nc2ccccc12. The number of amides is 1. The zero-order valence-electron chi connectivity index (χ0n) is 13.2. The molecule has 0 fully saturated rings. The third-order valence-corrected chi connectivity index (χ3v) is 3.47. The van der Waals surface area contributed by atoms with Gasteiger partial charge in [0.15, 0.2) is 0 Å². The molecule has 1 heterocycles. The van der Waals surface area contributed by atoms with E-state index in [4.69, 9.17) is 0 Å². The predicted molar refractivity (Wildman–Crippen MR) is 84.8 cm³/mol. The van der Waals surface area contributed by atoms with Crippen LogP contribution in [0.1, 0.15) is 42.7 Å². The van der Waals surface area contributed by atoms with Gasteiger partial charge in [-0.05, 0) is 25.0 Å². The second-order valence-corrected chi connectivity index (χ2v) is 5.48. The number of ether oxygens (including phenoxy) is 1. The van der Waals surface area contributed by atoms with Gasteiger partial charge in [0.25, 0.3) is 5.91 Å². The Bertz CT molecular complexity index is 710. The lowest BCUT2D eigenvalue weighted by Crippen LogP contribution is -2.39. The lowest BCUT2D eigenvalue weighted by atomic mass is 10.0. The van der Waals surface area contributed by atoms with Crippen LogP contribution in [0.2, 0.25) is 0 Å². The fraction of sp³-hybridized carbons (Fsp3) is 0.353. The van der Waals surface area contributed by atoms with Crippen LogP contribution in [0.5, 0.6) is 0 Å². The summed E-state index contributed by atoms with van der Waals surface area (Å²) in [6.07, 6.45) is 0. The molecule has 0 saturated carbocycles. The molecular weight excluding hydrogens is 280 g/mol. The fourth-order valence-electron chi connectivity index (χ4n) is 2.19. The van der Waals surface area contributed by atoms with Crippen molar-refractivity contribution in [1.82, 2.24) is 10.3 Å². The molecular formula is C17H20N2O3. The van der Waals surface area contributed by atoms with Gasteiger partial charge in [-0.2, -0.15) is 0 Å². The van der Waals surface area contributed by atoms with Crippen LogP contribution in [0.3, 0.4) is 0 Å². The first kappa shape index (κ1) is 15.9. The van der Waals surface area contributed by atoms with E-state index in [9.17, 15) is 9.59 Å². The van der Waals surface area contributed by atoms with Gasteiger partial charge in [0, 0.05) is 11.1 Å². The molecule has 5 nitrogen and oxygen atoms in total. The summed E-state index contributed by atoms with van der Waals surface area (Å²) in [6.45, 7) is 5.64. The van der Waals surface area contributed by atoms with E-state index in [1.54, 1.807) is 13.0 Å². The zero-order chi connectivity index (χ0) is 16.3. The van der Waals surface area contributed by atoms with Gasteiger partial charge in [-0.3, -0.25) is 9.78 Å². The molecule has 1 amide bonds. The lowest BCUT2D eigenvalue weighted by molar-refractivity contribution is -0.142. The van der Waals surface area contributed by atoms with E-state index >= 15 is 0 Å². The smallest absolute Gasteiger partial charge is 0.328 e. The Labute approximate surface area is 129 Å². The summed E-state index contributed by atoms with van der Waals surface area (Å²) in [7, 11) is 1.30. The number of nitrogens with zero attached hydrogens (tertiary/aromatic N) is 1. The third kappa shape index (κ3) is 3.24. The minimum Gasteiger partial charge on any atom is -0.467 e. The Morgan fingerprint density at radius 3 is 2.50 bits per heavy atom. The number of carbonyl (C=O) groups excluding carboxylic acids is 2. The van der Waals surface area contributed by atoms with Crippen molar-refractivity contribution >= 4 is 22.8 Å². The molecule has 0 aliphatic heterocycles. The molecule has 1 aromatic carbocycles. The number of rotatable bonds is 4. The van der Waals surface area contributed by atoms with E-state index in [0.29, 0.717) is 5.56 Å². The number of hydrogen-bond donors (Lipinski definition) is 1. The number of pyridine rings is 1. The van der Waals surface area contributed by atoms with Crippen LogP contribution >= 0.6 is 0 Å². The van der Waals surface area contributed by atoms with Crippen LogP contribution in [-0.2, 0) is 9.53 Å². The van der Waals surface area contributed by atoms with Crippen molar-refractivity contribution in [2.24, 2.45) is 0 Å². The van der Waals surface area contributed by atoms with Crippen molar-refractivity contribution in [2.75, 3.05) is 7.11 Å². The molecule has 1 unspecified atom stereocenters. The zero-order valence-corrected chi connectivity index (χ0v) is 13.2. The van der Waals surface area contributed by atoms with E-state index in [-0.39, 0.29) is 11.8 Å². The summed E-state index contributed by atoms with van der Waals surface area (Å²) in [4.78, 5) is 28.6. The number of hydrogen-bond acceptors (Lipinski definition) is 4. The monoisotopic (exact) mass is 300 g/mol. The maximum absolute atomic E-state index is 12.5. The molecule has 2 rings (SSSR count). The highest BCUT2D eigenvalue weighted by atomic mass is 16.5. The highest BCUT2D eigenvalue weighted by Crippen LogP contribution is 2.22. The molecule has 2 aromatic rings. The number of fused-ring (bicyclic) bond motifs is 1. The Balaban J connectivity index is 2.44. The van der Waals surface area contributed by atoms with Crippen LogP contribution in [0, 0.1) is 0 Å². The summed E-state index contributed by atoms with van der Waals surface area (Å²) < 4.78 is 4.63. The van der Waals surface area contributed by atoms with Gasteiger partial charge in [0.1, 0.15) is 6.04 Å². The number of methoxy groups -OCH3 is 1. The van der Waals surface area contributed by atoms with E-state index in [0.717, 1.165) is 16.6 Å². The molecule has 0 bridgehead atoms. The molecule has 0 radical (unpaired) electrons. The van der Waals surface area contributed by atoms with E-state index in [1.165, 1.54) is 7.11 Å². The standard InChI is InChI=1S/C17H20N2O3/c1-10(2)15-9-13(12-7-5-6-8-14(12)19-15)16(20)18-11(3)17(21)22-4/h5-11H,1-4H3,(H,18,20). The number of carbonyl (C=O) groups is 2. The topological polar surface area (TPSA) is 68.3 Å². The average Bonchev–Trinajstić information content (AvgIpc) is 2.52. The normalized spacial score (nSPS) is 12.2. The quantitative estimate of drug-likeness (QED) is 0.881.